The van der Waals surface area contributed by atoms with E-state index in [1.807, 2.05) is 36.4 Å². The highest BCUT2D eigenvalue weighted by molar-refractivity contribution is 5.93. The first kappa shape index (κ1) is 19.3. The van der Waals surface area contributed by atoms with Crippen molar-refractivity contribution in [2.45, 2.75) is 31.7 Å². The monoisotopic (exact) mass is 410 g/mol. The number of likely N-dealkylation sites (tertiary alicyclic amines) is 1. The molecule has 5 rings (SSSR count). The topological polar surface area (TPSA) is 85.7 Å². The Bertz CT molecular complexity index is 1030. The number of amides is 2. The van der Waals surface area contributed by atoms with Crippen LogP contribution in [0.15, 0.2) is 36.4 Å². The molecule has 2 saturated heterocycles. The Morgan fingerprint density at radius 3 is 3.03 bits per heavy atom. The normalized spacial score (nSPS) is 29.2. The summed E-state index contributed by atoms with van der Waals surface area (Å²) in [4.78, 5) is 32.6. The molecule has 3 aliphatic rings. The zero-order valence-corrected chi connectivity index (χ0v) is 17.2. The average Bonchev–Trinajstić information content (AvgIpc) is 3.48. The summed E-state index contributed by atoms with van der Waals surface area (Å²) in [6.07, 6.45) is 3.54. The fourth-order valence-electron chi connectivity index (χ4n) is 5.17. The second kappa shape index (κ2) is 7.21. The van der Waals surface area contributed by atoms with Crippen LogP contribution < -0.4 is 5.32 Å². The van der Waals surface area contributed by atoms with Gasteiger partial charge >= 0.3 is 0 Å². The number of hydrogen-bond acceptors (Lipinski definition) is 5. The first-order valence-electron chi connectivity index (χ1n) is 10.4. The largest absolute Gasteiger partial charge is 0.383 e. The minimum absolute atomic E-state index is 0.0279. The zero-order valence-electron chi connectivity index (χ0n) is 17.2. The number of methoxy groups -OCH3 is 1. The number of rotatable bonds is 7. The third kappa shape index (κ3) is 2.78. The molecule has 4 heterocycles. The number of fused-ring (bicyclic) bond motifs is 2. The Kier molecular flexibility index (Phi) is 4.63. The molecule has 0 radical (unpaired) electrons. The molecule has 2 amide bonds. The van der Waals surface area contributed by atoms with Crippen LogP contribution in [0.2, 0.25) is 0 Å². The fourth-order valence-corrected chi connectivity index (χ4v) is 5.17. The van der Waals surface area contributed by atoms with E-state index >= 15 is 0 Å². The molecule has 0 aliphatic carbocycles. The van der Waals surface area contributed by atoms with Crippen LogP contribution in [0.25, 0.3) is 11.0 Å². The zero-order chi connectivity index (χ0) is 20.9. The van der Waals surface area contributed by atoms with E-state index < -0.39 is 17.4 Å². The van der Waals surface area contributed by atoms with Gasteiger partial charge < -0.3 is 24.3 Å². The summed E-state index contributed by atoms with van der Waals surface area (Å²) in [6, 6.07) is 7.94. The van der Waals surface area contributed by atoms with Crippen molar-refractivity contribution in [2.75, 3.05) is 26.8 Å². The number of aromatic nitrogens is 2. The van der Waals surface area contributed by atoms with Crippen LogP contribution in [-0.2, 0) is 32.2 Å². The third-order valence-corrected chi connectivity index (χ3v) is 6.52. The summed E-state index contributed by atoms with van der Waals surface area (Å²) in [6.45, 7) is 4.58. The number of imidazole rings is 1. The Balaban J connectivity index is 1.34. The molecule has 1 aromatic heterocycles. The van der Waals surface area contributed by atoms with Crippen molar-refractivity contribution >= 4 is 22.8 Å². The van der Waals surface area contributed by atoms with E-state index in [9.17, 15) is 9.59 Å². The Morgan fingerprint density at radius 2 is 2.23 bits per heavy atom. The van der Waals surface area contributed by atoms with Crippen molar-refractivity contribution in [1.29, 1.82) is 0 Å². The van der Waals surface area contributed by atoms with Gasteiger partial charge in [-0.25, -0.2) is 4.98 Å². The molecule has 8 nitrogen and oxygen atoms in total. The van der Waals surface area contributed by atoms with Gasteiger partial charge in [-0.15, -0.1) is 0 Å². The van der Waals surface area contributed by atoms with E-state index in [0.29, 0.717) is 26.2 Å². The molecule has 3 aliphatic heterocycles. The summed E-state index contributed by atoms with van der Waals surface area (Å²) < 4.78 is 13.4. The molecular weight excluding hydrogens is 384 g/mol. The summed E-state index contributed by atoms with van der Waals surface area (Å²) >= 11 is 0. The van der Waals surface area contributed by atoms with Crippen LogP contribution in [0.4, 0.5) is 0 Å². The van der Waals surface area contributed by atoms with Crippen LogP contribution in [0.5, 0.6) is 0 Å². The minimum Gasteiger partial charge on any atom is -0.383 e. The number of hydrogen-bond donors (Lipinski definition) is 1. The number of aryl methyl sites for hydroxylation is 1. The molecule has 158 valence electrons. The van der Waals surface area contributed by atoms with E-state index in [4.69, 9.17) is 9.47 Å². The molecule has 2 bridgehead atoms. The van der Waals surface area contributed by atoms with Crippen LogP contribution >= 0.6 is 0 Å². The van der Waals surface area contributed by atoms with E-state index in [0.717, 1.165) is 23.4 Å². The van der Waals surface area contributed by atoms with Gasteiger partial charge in [0.25, 0.3) is 0 Å². The molecule has 1 N–H and O–H groups in total. The van der Waals surface area contributed by atoms with Crippen molar-refractivity contribution in [3.8, 4) is 0 Å². The lowest BCUT2D eigenvalue weighted by Crippen LogP contribution is -2.44. The number of nitrogens with zero attached hydrogens (tertiary/aromatic N) is 3. The number of nitrogens with one attached hydrogen (secondary N) is 1. The molecule has 4 atom stereocenters. The molecule has 0 saturated carbocycles. The highest BCUT2D eigenvalue weighted by Gasteiger charge is 2.66. The van der Waals surface area contributed by atoms with E-state index in [1.54, 1.807) is 12.0 Å². The highest BCUT2D eigenvalue weighted by Crippen LogP contribution is 2.51. The molecule has 2 aromatic rings. The van der Waals surface area contributed by atoms with Gasteiger partial charge in [0.05, 0.1) is 48.7 Å². The van der Waals surface area contributed by atoms with E-state index in [1.165, 1.54) is 0 Å². The maximum atomic E-state index is 13.2. The minimum atomic E-state index is -0.686. The van der Waals surface area contributed by atoms with Crippen molar-refractivity contribution in [3.63, 3.8) is 0 Å². The maximum Gasteiger partial charge on any atom is 0.230 e. The van der Waals surface area contributed by atoms with Gasteiger partial charge in [-0.2, -0.15) is 0 Å². The number of benzene rings is 1. The first-order valence-corrected chi connectivity index (χ1v) is 10.4. The second-order valence-electron chi connectivity index (χ2n) is 8.13. The highest BCUT2D eigenvalue weighted by atomic mass is 16.5. The molecule has 8 heteroatoms. The van der Waals surface area contributed by atoms with Crippen molar-refractivity contribution in [2.24, 2.45) is 11.8 Å². The van der Waals surface area contributed by atoms with Crippen LogP contribution in [0.1, 0.15) is 12.7 Å². The molecule has 1 aromatic carbocycles. The van der Waals surface area contributed by atoms with Gasteiger partial charge in [0.2, 0.25) is 11.8 Å². The Morgan fingerprint density at radius 1 is 1.40 bits per heavy atom. The standard InChI is InChI=1S/C22H26N4O4/c1-3-26-15-7-5-4-6-14(15)24-17(26)12-23-20(27)18-16-8-9-22(30-16)13-25(10-11-29-2)21(28)19(18)22/h4-9,16,18-19H,3,10-13H2,1-2H3,(H,23,27)/t16-,18-,19-,22+/m1/s1. The lowest BCUT2D eigenvalue weighted by Gasteiger charge is -2.23. The average molecular weight is 410 g/mol. The van der Waals surface area contributed by atoms with E-state index in [2.05, 4.69) is 21.8 Å². The van der Waals surface area contributed by atoms with Gasteiger partial charge in [0.1, 0.15) is 11.4 Å². The molecule has 0 unspecified atom stereocenters. The summed E-state index contributed by atoms with van der Waals surface area (Å²) in [7, 11) is 1.61. The Hall–Kier alpha value is -2.71. The smallest absolute Gasteiger partial charge is 0.230 e. The van der Waals surface area contributed by atoms with Gasteiger partial charge in [-0.3, -0.25) is 9.59 Å². The number of carbonyl (C=O) groups excluding carboxylic acids is 2. The number of ether oxygens (including phenoxy) is 2. The van der Waals surface area contributed by atoms with Crippen LogP contribution in [0.3, 0.4) is 0 Å². The van der Waals surface area contributed by atoms with Gasteiger partial charge in [0, 0.05) is 20.2 Å². The molecule has 1 spiro atoms. The van der Waals surface area contributed by atoms with Crippen molar-refractivity contribution in [3.05, 3.63) is 42.2 Å². The van der Waals surface area contributed by atoms with Crippen LogP contribution in [0, 0.1) is 11.8 Å². The molecular formula is C22H26N4O4. The van der Waals surface area contributed by atoms with Crippen LogP contribution in [-0.4, -0.2) is 64.8 Å². The quantitative estimate of drug-likeness (QED) is 0.691. The first-order chi connectivity index (χ1) is 14.6. The third-order valence-electron chi connectivity index (χ3n) is 6.52. The maximum absolute atomic E-state index is 13.2. The number of carbonyl (C=O) groups is 2. The van der Waals surface area contributed by atoms with Crippen molar-refractivity contribution in [1.82, 2.24) is 19.8 Å². The molecule has 2 fully saturated rings. The Labute approximate surface area is 174 Å². The van der Waals surface area contributed by atoms with Gasteiger partial charge in [0.15, 0.2) is 0 Å². The summed E-state index contributed by atoms with van der Waals surface area (Å²) in [5.74, 6) is -0.377. The van der Waals surface area contributed by atoms with E-state index in [-0.39, 0.29) is 17.9 Å². The van der Waals surface area contributed by atoms with Gasteiger partial charge in [-0.1, -0.05) is 24.3 Å². The van der Waals surface area contributed by atoms with Crippen molar-refractivity contribution < 1.29 is 19.1 Å². The molecule has 30 heavy (non-hydrogen) atoms. The second-order valence-corrected chi connectivity index (χ2v) is 8.13. The van der Waals surface area contributed by atoms with Gasteiger partial charge in [-0.05, 0) is 19.1 Å². The summed E-state index contributed by atoms with van der Waals surface area (Å²) in [5.41, 5.74) is 1.27. The number of para-hydroxylation sites is 2. The summed E-state index contributed by atoms with van der Waals surface area (Å²) in [5, 5.41) is 3.02. The fraction of sp³-hybridized carbons (Fsp3) is 0.500. The lowest BCUT2D eigenvalue weighted by molar-refractivity contribution is -0.137. The predicted octanol–water partition coefficient (Wildman–Crippen LogP) is 1.10. The lowest BCUT2D eigenvalue weighted by atomic mass is 9.77. The SMILES string of the molecule is CCn1c(CNC(=O)[C@@H]2[C@H]3C=C[C@@]4(CN(CCOC)C(=O)[C@@H]24)O3)nc2ccccc21. The predicted molar refractivity (Wildman–Crippen MR) is 109 cm³/mol.